The van der Waals surface area contributed by atoms with Crippen LogP contribution in [0.4, 0.5) is 24.5 Å². The molecule has 1 fully saturated rings. The molecule has 0 aliphatic carbocycles. The van der Waals surface area contributed by atoms with Gasteiger partial charge in [0.2, 0.25) is 5.91 Å². The van der Waals surface area contributed by atoms with Gasteiger partial charge in [-0.25, -0.2) is 13.2 Å². The molecule has 0 saturated carbocycles. The maximum absolute atomic E-state index is 14.4. The highest BCUT2D eigenvalue weighted by Gasteiger charge is 2.25. The molecule has 5 rings (SSSR count). The van der Waals surface area contributed by atoms with Crippen LogP contribution in [0.5, 0.6) is 0 Å². The van der Waals surface area contributed by atoms with Crippen LogP contribution in [0.1, 0.15) is 26.3 Å². The van der Waals surface area contributed by atoms with Crippen LogP contribution in [0, 0.1) is 17.5 Å². The lowest BCUT2D eigenvalue weighted by molar-refractivity contribution is -0.117. The molecule has 1 saturated heterocycles. The Kier molecular flexibility index (Phi) is 9.05. The third-order valence-electron chi connectivity index (χ3n) is 7.20. The van der Waals surface area contributed by atoms with Crippen molar-refractivity contribution in [3.8, 4) is 0 Å². The quantitative estimate of drug-likeness (QED) is 0.302. The molecule has 0 spiro atoms. The standard InChI is InChI=1S/C33H29F3N4O3/c34-24-11-9-23(10-12-24)21-40(33(43)28-6-2-4-8-30(28)36)22-31(41)37-25-13-15-26(16-14-25)38-17-19-39(20-18-38)32(42)27-5-1-3-7-29(27)35/h1-16H,17-22H2,(H,37,41). The maximum atomic E-state index is 14.4. The second-order valence-electron chi connectivity index (χ2n) is 10.1. The Hall–Kier alpha value is -5.12. The molecule has 3 amide bonds. The Bertz CT molecular complexity index is 1600. The highest BCUT2D eigenvalue weighted by molar-refractivity contribution is 5.99. The molecule has 7 nitrogen and oxygen atoms in total. The van der Waals surface area contributed by atoms with Gasteiger partial charge in [-0.2, -0.15) is 0 Å². The topological polar surface area (TPSA) is 73.0 Å². The Labute approximate surface area is 247 Å². The first-order valence-corrected chi connectivity index (χ1v) is 13.8. The predicted molar refractivity (Wildman–Crippen MR) is 157 cm³/mol. The summed E-state index contributed by atoms with van der Waals surface area (Å²) in [5.74, 6) is -3.17. The molecule has 220 valence electrons. The van der Waals surface area contributed by atoms with Gasteiger partial charge in [-0.05, 0) is 66.2 Å². The predicted octanol–water partition coefficient (Wildman–Crippen LogP) is 5.35. The molecular formula is C33H29F3N4O3. The number of piperazine rings is 1. The first-order valence-electron chi connectivity index (χ1n) is 13.8. The molecular weight excluding hydrogens is 557 g/mol. The van der Waals surface area contributed by atoms with Crippen LogP contribution in [0.15, 0.2) is 97.1 Å². The Morgan fingerprint density at radius 1 is 0.698 bits per heavy atom. The van der Waals surface area contributed by atoms with E-state index in [-0.39, 0.29) is 30.1 Å². The summed E-state index contributed by atoms with van der Waals surface area (Å²) in [7, 11) is 0. The smallest absolute Gasteiger partial charge is 0.257 e. The number of hydrogen-bond acceptors (Lipinski definition) is 4. The number of hydrogen-bond donors (Lipinski definition) is 1. The monoisotopic (exact) mass is 586 g/mol. The Morgan fingerprint density at radius 3 is 1.88 bits per heavy atom. The molecule has 1 heterocycles. The number of benzene rings is 4. The minimum absolute atomic E-state index is 0.0226. The van der Waals surface area contributed by atoms with Gasteiger partial charge in [0.05, 0.1) is 11.1 Å². The fourth-order valence-corrected chi connectivity index (χ4v) is 4.92. The minimum atomic E-state index is -0.704. The molecule has 0 atom stereocenters. The maximum Gasteiger partial charge on any atom is 0.257 e. The lowest BCUT2D eigenvalue weighted by Crippen LogP contribution is -2.49. The number of anilines is 2. The normalized spacial score (nSPS) is 13.0. The van der Waals surface area contributed by atoms with Crippen LogP contribution in [0.25, 0.3) is 0 Å². The van der Waals surface area contributed by atoms with Crippen molar-refractivity contribution >= 4 is 29.1 Å². The van der Waals surface area contributed by atoms with Crippen LogP contribution >= 0.6 is 0 Å². The summed E-state index contributed by atoms with van der Waals surface area (Å²) in [6, 6.07) is 24.1. The summed E-state index contributed by atoms with van der Waals surface area (Å²) in [6.45, 7) is 1.61. The van der Waals surface area contributed by atoms with Gasteiger partial charge in [0, 0.05) is 44.1 Å². The van der Waals surface area contributed by atoms with Gasteiger partial charge in [-0.15, -0.1) is 0 Å². The van der Waals surface area contributed by atoms with E-state index in [4.69, 9.17) is 0 Å². The number of amides is 3. The van der Waals surface area contributed by atoms with E-state index in [2.05, 4.69) is 10.2 Å². The Balaban J connectivity index is 1.20. The molecule has 0 bridgehead atoms. The van der Waals surface area contributed by atoms with Gasteiger partial charge in [-0.1, -0.05) is 36.4 Å². The van der Waals surface area contributed by atoms with Crippen molar-refractivity contribution in [3.63, 3.8) is 0 Å². The van der Waals surface area contributed by atoms with E-state index in [0.717, 1.165) is 5.69 Å². The number of rotatable bonds is 8. The summed E-state index contributed by atoms with van der Waals surface area (Å²) in [6.07, 6.45) is 0. The second kappa shape index (κ2) is 13.2. The summed E-state index contributed by atoms with van der Waals surface area (Å²) in [4.78, 5) is 43.8. The van der Waals surface area contributed by atoms with Crippen molar-refractivity contribution in [1.29, 1.82) is 0 Å². The van der Waals surface area contributed by atoms with Crippen LogP contribution in [0.2, 0.25) is 0 Å². The summed E-state index contributed by atoms with van der Waals surface area (Å²) >= 11 is 0. The van der Waals surface area contributed by atoms with Crippen molar-refractivity contribution in [2.75, 3.05) is 42.9 Å². The fourth-order valence-electron chi connectivity index (χ4n) is 4.92. The highest BCUT2D eigenvalue weighted by Crippen LogP contribution is 2.21. The highest BCUT2D eigenvalue weighted by atomic mass is 19.1. The van der Waals surface area contributed by atoms with E-state index in [1.807, 2.05) is 12.1 Å². The summed E-state index contributed by atoms with van der Waals surface area (Å²) in [5, 5.41) is 2.77. The van der Waals surface area contributed by atoms with Gasteiger partial charge in [-0.3, -0.25) is 14.4 Å². The van der Waals surface area contributed by atoms with E-state index in [1.54, 1.807) is 29.2 Å². The van der Waals surface area contributed by atoms with Gasteiger partial charge in [0.25, 0.3) is 11.8 Å². The first kappa shape index (κ1) is 29.4. The van der Waals surface area contributed by atoms with Gasteiger partial charge >= 0.3 is 0 Å². The molecule has 1 aliphatic rings. The largest absolute Gasteiger partial charge is 0.368 e. The zero-order valence-electron chi connectivity index (χ0n) is 23.2. The molecule has 43 heavy (non-hydrogen) atoms. The van der Waals surface area contributed by atoms with E-state index in [0.29, 0.717) is 37.4 Å². The minimum Gasteiger partial charge on any atom is -0.368 e. The van der Waals surface area contributed by atoms with E-state index in [1.165, 1.54) is 65.6 Å². The van der Waals surface area contributed by atoms with Gasteiger partial charge < -0.3 is 20.0 Å². The number of carbonyl (C=O) groups is 3. The third-order valence-corrected chi connectivity index (χ3v) is 7.20. The van der Waals surface area contributed by atoms with Crippen LogP contribution < -0.4 is 10.2 Å². The third kappa shape index (κ3) is 7.21. The molecule has 0 aromatic heterocycles. The first-order chi connectivity index (χ1) is 20.8. The van der Waals surface area contributed by atoms with E-state index >= 15 is 0 Å². The van der Waals surface area contributed by atoms with Crippen molar-refractivity contribution in [3.05, 3.63) is 131 Å². The molecule has 0 unspecified atom stereocenters. The Morgan fingerprint density at radius 2 is 1.28 bits per heavy atom. The average Bonchev–Trinajstić information content (AvgIpc) is 3.02. The van der Waals surface area contributed by atoms with Crippen LogP contribution in [0.3, 0.4) is 0 Å². The van der Waals surface area contributed by atoms with Gasteiger partial charge in [0.15, 0.2) is 0 Å². The molecule has 0 radical (unpaired) electrons. The van der Waals surface area contributed by atoms with Crippen molar-refractivity contribution in [1.82, 2.24) is 9.80 Å². The summed E-state index contributed by atoms with van der Waals surface area (Å²) in [5.41, 5.74) is 1.87. The summed E-state index contributed by atoms with van der Waals surface area (Å²) < 4.78 is 41.8. The van der Waals surface area contributed by atoms with E-state index < -0.39 is 29.3 Å². The van der Waals surface area contributed by atoms with Gasteiger partial charge in [0.1, 0.15) is 24.0 Å². The number of nitrogens with zero attached hydrogens (tertiary/aromatic N) is 3. The number of nitrogens with one attached hydrogen (secondary N) is 1. The zero-order valence-corrected chi connectivity index (χ0v) is 23.2. The lowest BCUT2D eigenvalue weighted by Gasteiger charge is -2.36. The second-order valence-corrected chi connectivity index (χ2v) is 10.1. The average molecular weight is 587 g/mol. The molecule has 4 aromatic carbocycles. The zero-order chi connectivity index (χ0) is 30.3. The van der Waals surface area contributed by atoms with Crippen LogP contribution in [-0.2, 0) is 11.3 Å². The van der Waals surface area contributed by atoms with Crippen molar-refractivity contribution in [2.45, 2.75) is 6.54 Å². The SMILES string of the molecule is O=C(CN(Cc1ccc(F)cc1)C(=O)c1ccccc1F)Nc1ccc(N2CCN(C(=O)c3ccccc3F)CC2)cc1. The molecule has 4 aromatic rings. The van der Waals surface area contributed by atoms with E-state index in [9.17, 15) is 27.6 Å². The molecule has 1 N–H and O–H groups in total. The molecule has 10 heteroatoms. The lowest BCUT2D eigenvalue weighted by atomic mass is 10.1. The van der Waals surface area contributed by atoms with Crippen molar-refractivity contribution < 1.29 is 27.6 Å². The number of halogens is 3. The molecule has 1 aliphatic heterocycles. The fraction of sp³-hybridized carbons (Fsp3) is 0.182. The van der Waals surface area contributed by atoms with Crippen molar-refractivity contribution in [2.24, 2.45) is 0 Å². The number of carbonyl (C=O) groups excluding carboxylic acids is 3. The van der Waals surface area contributed by atoms with Crippen LogP contribution in [-0.4, -0.2) is 60.2 Å².